The van der Waals surface area contributed by atoms with Gasteiger partial charge in [0.15, 0.2) is 11.5 Å². The molecular formula is C20H32O3. The molecule has 2 rings (SSSR count). The molecule has 1 fully saturated rings. The Morgan fingerprint density at radius 1 is 1.26 bits per heavy atom. The molecule has 1 saturated heterocycles. The molecule has 1 aliphatic rings. The lowest BCUT2D eigenvalue weighted by Crippen LogP contribution is -2.13. The maximum Gasteiger partial charge on any atom is 0.161 e. The zero-order chi connectivity index (χ0) is 16.7. The Bertz CT molecular complexity index is 466. The number of hydrogen-bond acceptors (Lipinski definition) is 3. The maximum atomic E-state index is 5.91. The quantitative estimate of drug-likeness (QED) is 0.430. The minimum absolute atomic E-state index is 0.528. The van der Waals surface area contributed by atoms with Crippen molar-refractivity contribution in [1.29, 1.82) is 0 Å². The van der Waals surface area contributed by atoms with E-state index in [1.165, 1.54) is 18.4 Å². The normalized spacial score (nSPS) is 18.0. The lowest BCUT2D eigenvalue weighted by Gasteiger charge is -2.21. The summed E-state index contributed by atoms with van der Waals surface area (Å²) in [5.41, 5.74) is 1.34. The van der Waals surface area contributed by atoms with E-state index in [0.717, 1.165) is 44.0 Å². The largest absolute Gasteiger partial charge is 0.493 e. The Kier molecular flexibility index (Phi) is 7.22. The fourth-order valence-corrected chi connectivity index (χ4v) is 2.90. The Labute approximate surface area is 141 Å². The Morgan fingerprint density at radius 2 is 2.04 bits per heavy atom. The SMILES string of the molecule is CCCCOc1cc(CC(CCC2CO2)C(C)C)ccc1OC. The second-order valence-corrected chi connectivity index (χ2v) is 6.93. The van der Waals surface area contributed by atoms with E-state index >= 15 is 0 Å². The standard InChI is InChI=1S/C20H32O3/c1-5-6-11-22-20-13-16(7-10-19(20)21-4)12-17(15(2)3)8-9-18-14-23-18/h7,10,13,15,17-18H,5-6,8-9,11-12,14H2,1-4H3. The number of methoxy groups -OCH3 is 1. The van der Waals surface area contributed by atoms with E-state index in [1.807, 2.05) is 6.07 Å². The molecule has 23 heavy (non-hydrogen) atoms. The lowest BCUT2D eigenvalue weighted by molar-refractivity contribution is 0.286. The van der Waals surface area contributed by atoms with Gasteiger partial charge >= 0.3 is 0 Å². The van der Waals surface area contributed by atoms with Gasteiger partial charge in [-0.15, -0.1) is 0 Å². The zero-order valence-corrected chi connectivity index (χ0v) is 15.1. The highest BCUT2D eigenvalue weighted by Gasteiger charge is 2.25. The molecule has 3 heteroatoms. The zero-order valence-electron chi connectivity index (χ0n) is 15.1. The summed E-state index contributed by atoms with van der Waals surface area (Å²) in [6, 6.07) is 6.38. The molecule has 1 heterocycles. The van der Waals surface area contributed by atoms with Crippen molar-refractivity contribution in [2.45, 2.75) is 59.0 Å². The Balaban J connectivity index is 1.99. The van der Waals surface area contributed by atoms with Crippen LogP contribution in [0.15, 0.2) is 18.2 Å². The fourth-order valence-electron chi connectivity index (χ4n) is 2.90. The topological polar surface area (TPSA) is 31.0 Å². The summed E-state index contributed by atoms with van der Waals surface area (Å²) in [6.07, 6.45) is 6.27. The van der Waals surface area contributed by atoms with Crippen LogP contribution in [0.1, 0.15) is 52.0 Å². The minimum Gasteiger partial charge on any atom is -0.493 e. The van der Waals surface area contributed by atoms with Crippen LogP contribution in [0.5, 0.6) is 11.5 Å². The van der Waals surface area contributed by atoms with Gasteiger partial charge in [0.2, 0.25) is 0 Å². The van der Waals surface area contributed by atoms with Crippen molar-refractivity contribution in [3.05, 3.63) is 23.8 Å². The molecule has 0 amide bonds. The van der Waals surface area contributed by atoms with Crippen LogP contribution in [0.25, 0.3) is 0 Å². The smallest absolute Gasteiger partial charge is 0.161 e. The predicted molar refractivity (Wildman–Crippen MR) is 94.4 cm³/mol. The first-order valence-electron chi connectivity index (χ1n) is 9.05. The average Bonchev–Trinajstić information content (AvgIpc) is 3.36. The van der Waals surface area contributed by atoms with Crippen LogP contribution in [-0.4, -0.2) is 26.4 Å². The molecule has 0 aromatic heterocycles. The first-order valence-corrected chi connectivity index (χ1v) is 9.05. The second kappa shape index (κ2) is 9.17. The summed E-state index contributed by atoms with van der Waals surface area (Å²) in [6.45, 7) is 8.53. The van der Waals surface area contributed by atoms with Gasteiger partial charge in [0.05, 0.1) is 26.4 Å². The molecule has 0 N–H and O–H groups in total. The van der Waals surface area contributed by atoms with E-state index in [9.17, 15) is 0 Å². The van der Waals surface area contributed by atoms with Gasteiger partial charge in [-0.1, -0.05) is 33.3 Å². The summed E-state index contributed by atoms with van der Waals surface area (Å²) >= 11 is 0. The van der Waals surface area contributed by atoms with Crippen molar-refractivity contribution in [1.82, 2.24) is 0 Å². The molecule has 2 unspecified atom stereocenters. The number of hydrogen-bond donors (Lipinski definition) is 0. The van der Waals surface area contributed by atoms with E-state index in [4.69, 9.17) is 14.2 Å². The summed E-state index contributed by atoms with van der Waals surface area (Å²) in [4.78, 5) is 0. The summed E-state index contributed by atoms with van der Waals surface area (Å²) in [5, 5.41) is 0. The molecule has 1 aromatic rings. The van der Waals surface area contributed by atoms with E-state index in [-0.39, 0.29) is 0 Å². The van der Waals surface area contributed by atoms with Crippen molar-refractivity contribution >= 4 is 0 Å². The summed E-state index contributed by atoms with van der Waals surface area (Å²) < 4.78 is 16.7. The Morgan fingerprint density at radius 3 is 2.65 bits per heavy atom. The monoisotopic (exact) mass is 320 g/mol. The van der Waals surface area contributed by atoms with Crippen LogP contribution >= 0.6 is 0 Å². The summed E-state index contributed by atoms with van der Waals surface area (Å²) in [5.74, 6) is 3.08. The minimum atomic E-state index is 0.528. The summed E-state index contributed by atoms with van der Waals surface area (Å²) in [7, 11) is 1.70. The molecule has 1 aliphatic heterocycles. The second-order valence-electron chi connectivity index (χ2n) is 6.93. The van der Waals surface area contributed by atoms with Gasteiger partial charge in [-0.2, -0.15) is 0 Å². The highest BCUT2D eigenvalue weighted by atomic mass is 16.6. The third kappa shape index (κ3) is 6.06. The van der Waals surface area contributed by atoms with E-state index < -0.39 is 0 Å². The third-order valence-electron chi connectivity index (χ3n) is 4.69. The number of benzene rings is 1. The van der Waals surface area contributed by atoms with E-state index in [2.05, 4.69) is 32.9 Å². The van der Waals surface area contributed by atoms with Crippen molar-refractivity contribution in [3.63, 3.8) is 0 Å². The fraction of sp³-hybridized carbons (Fsp3) is 0.700. The number of epoxide rings is 1. The predicted octanol–water partition coefficient (Wildman–Crippen LogP) is 4.87. The molecule has 3 nitrogen and oxygen atoms in total. The van der Waals surface area contributed by atoms with Crippen molar-refractivity contribution in [2.24, 2.45) is 11.8 Å². The van der Waals surface area contributed by atoms with Gasteiger partial charge in [0, 0.05) is 0 Å². The average molecular weight is 320 g/mol. The van der Waals surface area contributed by atoms with Crippen LogP contribution in [-0.2, 0) is 11.2 Å². The van der Waals surface area contributed by atoms with Gasteiger partial charge < -0.3 is 14.2 Å². The molecule has 0 saturated carbocycles. The van der Waals surface area contributed by atoms with Crippen molar-refractivity contribution in [3.8, 4) is 11.5 Å². The molecule has 0 bridgehead atoms. The maximum absolute atomic E-state index is 5.91. The molecule has 0 radical (unpaired) electrons. The number of rotatable bonds is 11. The van der Waals surface area contributed by atoms with E-state index in [1.54, 1.807) is 7.11 Å². The molecule has 0 aliphatic carbocycles. The number of ether oxygens (including phenoxy) is 3. The van der Waals surface area contributed by atoms with Crippen LogP contribution in [0.2, 0.25) is 0 Å². The third-order valence-corrected chi connectivity index (χ3v) is 4.69. The van der Waals surface area contributed by atoms with Gasteiger partial charge in [-0.05, 0) is 55.2 Å². The van der Waals surface area contributed by atoms with Gasteiger partial charge in [0.1, 0.15) is 0 Å². The van der Waals surface area contributed by atoms with E-state index in [0.29, 0.717) is 17.9 Å². The Hall–Kier alpha value is -1.22. The highest BCUT2D eigenvalue weighted by Crippen LogP contribution is 2.32. The van der Waals surface area contributed by atoms with Crippen LogP contribution in [0.4, 0.5) is 0 Å². The van der Waals surface area contributed by atoms with Gasteiger partial charge in [-0.3, -0.25) is 0 Å². The van der Waals surface area contributed by atoms with Gasteiger partial charge in [0.25, 0.3) is 0 Å². The first kappa shape index (κ1) is 18.1. The molecule has 2 atom stereocenters. The lowest BCUT2D eigenvalue weighted by atomic mass is 9.85. The van der Waals surface area contributed by atoms with Gasteiger partial charge in [-0.25, -0.2) is 0 Å². The van der Waals surface area contributed by atoms with Crippen LogP contribution in [0, 0.1) is 11.8 Å². The van der Waals surface area contributed by atoms with Crippen molar-refractivity contribution in [2.75, 3.05) is 20.3 Å². The molecule has 1 aromatic carbocycles. The molecular weight excluding hydrogens is 288 g/mol. The first-order chi connectivity index (χ1) is 11.1. The highest BCUT2D eigenvalue weighted by molar-refractivity contribution is 5.43. The van der Waals surface area contributed by atoms with Crippen LogP contribution in [0.3, 0.4) is 0 Å². The van der Waals surface area contributed by atoms with Crippen LogP contribution < -0.4 is 9.47 Å². The molecule has 0 spiro atoms. The van der Waals surface area contributed by atoms with Crippen molar-refractivity contribution < 1.29 is 14.2 Å². The number of unbranched alkanes of at least 4 members (excludes halogenated alkanes) is 1. The molecule has 130 valence electrons.